The predicted octanol–water partition coefficient (Wildman–Crippen LogP) is 3.13. The first-order chi connectivity index (χ1) is 15.0. The molecular formula is C23H26N2O4S2. The maximum Gasteiger partial charge on any atom is 0.252 e. The topological polar surface area (TPSA) is 75.7 Å². The van der Waals surface area contributed by atoms with E-state index in [1.165, 1.54) is 11.3 Å². The Morgan fingerprint density at radius 1 is 1.32 bits per heavy atom. The van der Waals surface area contributed by atoms with Crippen LogP contribution in [0.3, 0.4) is 0 Å². The van der Waals surface area contributed by atoms with Crippen molar-refractivity contribution in [2.75, 3.05) is 18.9 Å². The maximum atomic E-state index is 13.6. The Kier molecular flexibility index (Phi) is 6.79. The summed E-state index contributed by atoms with van der Waals surface area (Å²) in [5.74, 6) is 0.628. The summed E-state index contributed by atoms with van der Waals surface area (Å²) in [5, 5.41) is 6.51. The number of rotatable bonds is 7. The standard InChI is InChI=1S/C23H26N2O4S2/c1-23-9-5-10-25(20(23)19(26)12-29-23)22(28)18(24-21(27)17-8-11-30-14-17)15-31-13-16-6-3-2-4-7-16/h2-4,6-8,11,14,18,20H,5,9-10,12-13,15H2,1H3,(H,24,27)/t18-,20?,23+/m0/s1. The summed E-state index contributed by atoms with van der Waals surface area (Å²) in [5.41, 5.74) is 1.07. The van der Waals surface area contributed by atoms with Crippen LogP contribution in [0.25, 0.3) is 0 Å². The quantitative estimate of drug-likeness (QED) is 0.690. The Balaban J connectivity index is 1.50. The second-order valence-electron chi connectivity index (χ2n) is 8.14. The molecule has 0 spiro atoms. The molecule has 3 atom stereocenters. The molecule has 1 N–H and O–H groups in total. The number of amides is 2. The molecule has 2 aliphatic heterocycles. The average molecular weight is 459 g/mol. The molecule has 3 heterocycles. The van der Waals surface area contributed by atoms with Crippen molar-refractivity contribution in [3.8, 4) is 0 Å². The van der Waals surface area contributed by atoms with Gasteiger partial charge in [-0.25, -0.2) is 0 Å². The van der Waals surface area contributed by atoms with Crippen LogP contribution in [0, 0.1) is 0 Å². The fraction of sp³-hybridized carbons (Fsp3) is 0.435. The fourth-order valence-corrected chi connectivity index (χ4v) is 5.94. The van der Waals surface area contributed by atoms with Gasteiger partial charge in [0.05, 0.1) is 11.2 Å². The number of fused-ring (bicyclic) bond motifs is 1. The molecule has 31 heavy (non-hydrogen) atoms. The molecule has 1 unspecified atom stereocenters. The predicted molar refractivity (Wildman–Crippen MR) is 122 cm³/mol. The number of nitrogens with zero attached hydrogens (tertiary/aromatic N) is 1. The molecule has 164 valence electrons. The minimum absolute atomic E-state index is 0.0413. The summed E-state index contributed by atoms with van der Waals surface area (Å²) in [6, 6.07) is 10.5. The number of nitrogens with one attached hydrogen (secondary N) is 1. The van der Waals surface area contributed by atoms with E-state index in [1.807, 2.05) is 42.6 Å². The number of likely N-dealkylation sites (tertiary alicyclic amines) is 1. The van der Waals surface area contributed by atoms with Crippen molar-refractivity contribution in [1.29, 1.82) is 0 Å². The number of piperidine rings is 1. The van der Waals surface area contributed by atoms with Gasteiger partial charge in [-0.05, 0) is 36.8 Å². The minimum Gasteiger partial charge on any atom is -0.365 e. The smallest absolute Gasteiger partial charge is 0.252 e. The second-order valence-corrected chi connectivity index (χ2v) is 9.95. The van der Waals surface area contributed by atoms with E-state index >= 15 is 0 Å². The van der Waals surface area contributed by atoms with Crippen molar-refractivity contribution < 1.29 is 19.1 Å². The zero-order chi connectivity index (χ0) is 21.8. The lowest BCUT2D eigenvalue weighted by Crippen LogP contribution is -2.61. The number of hydrogen-bond acceptors (Lipinski definition) is 6. The van der Waals surface area contributed by atoms with E-state index in [-0.39, 0.29) is 24.2 Å². The van der Waals surface area contributed by atoms with Crippen molar-refractivity contribution in [2.24, 2.45) is 0 Å². The third-order valence-corrected chi connectivity index (χ3v) is 7.67. The van der Waals surface area contributed by atoms with Crippen molar-refractivity contribution in [1.82, 2.24) is 10.2 Å². The van der Waals surface area contributed by atoms with Crippen LogP contribution in [0.1, 0.15) is 35.7 Å². The number of Topliss-reactive ketones (excluding diaryl/α,β-unsaturated/α-hetero) is 1. The largest absolute Gasteiger partial charge is 0.365 e. The van der Waals surface area contributed by atoms with Gasteiger partial charge < -0.3 is 15.0 Å². The van der Waals surface area contributed by atoms with Gasteiger partial charge in [-0.2, -0.15) is 23.1 Å². The van der Waals surface area contributed by atoms with Crippen LogP contribution in [0.2, 0.25) is 0 Å². The SMILES string of the molecule is C[C@@]12CCCN(C(=O)[C@H](CSCc3ccccc3)NC(=O)c3ccsc3)C1C(=O)CO2. The number of benzene rings is 1. The molecule has 2 aliphatic rings. The number of carbonyl (C=O) groups is 3. The van der Waals surface area contributed by atoms with Gasteiger partial charge in [0.1, 0.15) is 18.7 Å². The highest BCUT2D eigenvalue weighted by Gasteiger charge is 2.53. The van der Waals surface area contributed by atoms with Gasteiger partial charge in [-0.1, -0.05) is 30.3 Å². The van der Waals surface area contributed by atoms with E-state index in [0.717, 1.165) is 24.2 Å². The molecular weight excluding hydrogens is 432 g/mol. The van der Waals surface area contributed by atoms with E-state index in [2.05, 4.69) is 5.32 Å². The van der Waals surface area contributed by atoms with E-state index in [9.17, 15) is 14.4 Å². The number of hydrogen-bond donors (Lipinski definition) is 1. The van der Waals surface area contributed by atoms with Gasteiger partial charge in [0.2, 0.25) is 5.91 Å². The lowest BCUT2D eigenvalue weighted by atomic mass is 9.85. The zero-order valence-electron chi connectivity index (χ0n) is 17.4. The van der Waals surface area contributed by atoms with Gasteiger partial charge >= 0.3 is 0 Å². The van der Waals surface area contributed by atoms with Crippen LogP contribution < -0.4 is 5.32 Å². The van der Waals surface area contributed by atoms with Gasteiger partial charge in [-0.3, -0.25) is 14.4 Å². The highest BCUT2D eigenvalue weighted by Crippen LogP contribution is 2.36. The molecule has 8 heteroatoms. The van der Waals surface area contributed by atoms with Crippen molar-refractivity contribution in [2.45, 2.75) is 43.2 Å². The number of thioether (sulfide) groups is 1. The van der Waals surface area contributed by atoms with Gasteiger partial charge in [0.15, 0.2) is 5.78 Å². The van der Waals surface area contributed by atoms with Gasteiger partial charge in [0, 0.05) is 23.4 Å². The molecule has 6 nitrogen and oxygen atoms in total. The van der Waals surface area contributed by atoms with Crippen molar-refractivity contribution in [3.63, 3.8) is 0 Å². The Hall–Kier alpha value is -2.16. The highest BCUT2D eigenvalue weighted by molar-refractivity contribution is 7.98. The molecule has 0 aliphatic carbocycles. The first-order valence-corrected chi connectivity index (χ1v) is 12.5. The molecule has 4 rings (SSSR count). The number of ether oxygens (including phenoxy) is 1. The Morgan fingerprint density at radius 3 is 2.87 bits per heavy atom. The van der Waals surface area contributed by atoms with E-state index in [0.29, 0.717) is 17.9 Å². The molecule has 2 aromatic rings. The number of carbonyl (C=O) groups excluding carboxylic acids is 3. The van der Waals surface area contributed by atoms with Gasteiger partial charge in [0.25, 0.3) is 5.91 Å². The first-order valence-electron chi connectivity index (χ1n) is 10.4. The second kappa shape index (κ2) is 9.54. The lowest BCUT2D eigenvalue weighted by Gasteiger charge is -2.43. The minimum atomic E-state index is -0.711. The monoisotopic (exact) mass is 458 g/mol. The summed E-state index contributed by atoms with van der Waals surface area (Å²) >= 11 is 3.03. The molecule has 2 fully saturated rings. The fourth-order valence-electron chi connectivity index (χ4n) is 4.29. The first kappa shape index (κ1) is 22.0. The van der Waals surface area contributed by atoms with Crippen LogP contribution in [-0.4, -0.2) is 59.1 Å². The van der Waals surface area contributed by atoms with Crippen LogP contribution in [0.5, 0.6) is 0 Å². The highest BCUT2D eigenvalue weighted by atomic mass is 32.2. The van der Waals surface area contributed by atoms with Crippen molar-refractivity contribution in [3.05, 3.63) is 58.3 Å². The molecule has 1 aromatic carbocycles. The number of ketones is 1. The molecule has 0 radical (unpaired) electrons. The maximum absolute atomic E-state index is 13.6. The van der Waals surface area contributed by atoms with Crippen LogP contribution in [0.15, 0.2) is 47.2 Å². The van der Waals surface area contributed by atoms with Crippen molar-refractivity contribution >= 4 is 40.7 Å². The molecule has 2 saturated heterocycles. The molecule has 0 saturated carbocycles. The average Bonchev–Trinajstić information content (AvgIpc) is 3.41. The van der Waals surface area contributed by atoms with Crippen LogP contribution in [-0.2, 0) is 20.1 Å². The van der Waals surface area contributed by atoms with E-state index in [1.54, 1.807) is 28.1 Å². The summed E-state index contributed by atoms with van der Waals surface area (Å²) in [7, 11) is 0. The Morgan fingerprint density at radius 2 is 2.13 bits per heavy atom. The molecule has 0 bridgehead atoms. The summed E-state index contributed by atoms with van der Waals surface area (Å²) < 4.78 is 5.76. The zero-order valence-corrected chi connectivity index (χ0v) is 19.0. The third kappa shape index (κ3) is 4.86. The molecule has 1 aromatic heterocycles. The summed E-state index contributed by atoms with van der Waals surface area (Å²) in [4.78, 5) is 40.5. The van der Waals surface area contributed by atoms with E-state index in [4.69, 9.17) is 4.74 Å². The molecule has 2 amide bonds. The summed E-state index contributed by atoms with van der Waals surface area (Å²) in [6.07, 6.45) is 1.52. The van der Waals surface area contributed by atoms with Gasteiger partial charge in [-0.15, -0.1) is 0 Å². The summed E-state index contributed by atoms with van der Waals surface area (Å²) in [6.45, 7) is 2.45. The Bertz CT molecular complexity index is 934. The lowest BCUT2D eigenvalue weighted by molar-refractivity contribution is -0.146. The van der Waals surface area contributed by atoms with Crippen LogP contribution >= 0.6 is 23.1 Å². The Labute approximate surface area is 190 Å². The van der Waals surface area contributed by atoms with E-state index < -0.39 is 17.7 Å². The normalized spacial score (nSPS) is 24.0. The number of thiophene rings is 1. The third-order valence-electron chi connectivity index (χ3n) is 5.88. The van der Waals surface area contributed by atoms with Crippen LogP contribution in [0.4, 0.5) is 0 Å².